The maximum absolute atomic E-state index is 12.7. The van der Waals surface area contributed by atoms with Crippen LogP contribution in [0.2, 0.25) is 0 Å². The highest BCUT2D eigenvalue weighted by atomic mass is 127. The maximum atomic E-state index is 12.7. The number of ether oxygens (including phenoxy) is 1. The Labute approximate surface area is 200 Å². The number of hydrogen-bond donors (Lipinski definition) is 1. The van der Waals surface area contributed by atoms with Crippen molar-refractivity contribution in [1.82, 2.24) is 0 Å². The fourth-order valence-corrected chi connectivity index (χ4v) is 8.95. The fraction of sp³-hybridized carbons (Fsp3) is 0.741. The molecule has 8 atom stereocenters. The van der Waals surface area contributed by atoms with Crippen LogP contribution in [0, 0.1) is 38.1 Å². The highest BCUT2D eigenvalue weighted by Crippen LogP contribution is 2.68. The predicted octanol–water partition coefficient (Wildman–Crippen LogP) is 6.61. The van der Waals surface area contributed by atoms with E-state index in [-0.39, 0.29) is 17.5 Å². The number of hydrogen-bond acceptors (Lipinski definition) is 3. The molecule has 0 spiro atoms. The van der Waals surface area contributed by atoms with Gasteiger partial charge in [0.25, 0.3) is 0 Å². The third-order valence-corrected chi connectivity index (χ3v) is 11.2. The van der Waals surface area contributed by atoms with E-state index in [0.29, 0.717) is 22.8 Å². The Morgan fingerprint density at radius 3 is 2.58 bits per heavy atom. The van der Waals surface area contributed by atoms with Gasteiger partial charge >= 0.3 is 5.97 Å². The summed E-state index contributed by atoms with van der Waals surface area (Å²) in [6, 6.07) is 7.70. The molecule has 1 N–H and O–H groups in total. The Morgan fingerprint density at radius 1 is 1.03 bits per heavy atom. The van der Waals surface area contributed by atoms with Crippen LogP contribution < -0.4 is 0 Å². The van der Waals surface area contributed by atoms with E-state index >= 15 is 0 Å². The van der Waals surface area contributed by atoms with E-state index in [1.807, 2.05) is 24.3 Å². The Bertz CT molecular complexity index is 866. The number of esters is 1. The number of aliphatic hydroxyl groups is 1. The fourth-order valence-electron chi connectivity index (χ4n) is 8.40. The Morgan fingerprint density at radius 2 is 1.81 bits per heavy atom. The molecule has 1 aromatic carbocycles. The molecular formula is C27H37IO3. The highest BCUT2D eigenvalue weighted by Gasteiger charge is 2.63. The van der Waals surface area contributed by atoms with Gasteiger partial charge < -0.3 is 9.84 Å². The van der Waals surface area contributed by atoms with E-state index in [1.54, 1.807) is 0 Å². The summed E-state index contributed by atoms with van der Waals surface area (Å²) in [5.41, 5.74) is 0.631. The number of carbonyl (C=O) groups excluding carboxylic acids is 1. The molecule has 0 bridgehead atoms. The first-order valence-electron chi connectivity index (χ1n) is 12.3. The van der Waals surface area contributed by atoms with Gasteiger partial charge in [-0.2, -0.15) is 0 Å². The molecule has 170 valence electrons. The lowest BCUT2D eigenvalue weighted by molar-refractivity contribution is -0.153. The first-order valence-corrected chi connectivity index (χ1v) is 13.4. The Balaban J connectivity index is 1.28. The third-order valence-electron chi connectivity index (χ3n) is 10.5. The Hall–Kier alpha value is -0.620. The molecule has 3 nitrogen and oxygen atoms in total. The summed E-state index contributed by atoms with van der Waals surface area (Å²) in [5, 5.41) is 11.1. The normalized spacial score (nSPS) is 46.5. The van der Waals surface area contributed by atoms with Crippen molar-refractivity contribution in [3.63, 3.8) is 0 Å². The van der Waals surface area contributed by atoms with Crippen LogP contribution in [-0.4, -0.2) is 22.8 Å². The summed E-state index contributed by atoms with van der Waals surface area (Å²) >= 11 is 2.24. The average molecular weight is 536 g/mol. The monoisotopic (exact) mass is 536 g/mol. The molecule has 0 heterocycles. The Kier molecular flexibility index (Phi) is 5.52. The number of carbonyl (C=O) groups is 1. The number of halogens is 1. The lowest BCUT2D eigenvalue weighted by Gasteiger charge is -2.61. The van der Waals surface area contributed by atoms with Crippen LogP contribution in [0.15, 0.2) is 24.3 Å². The zero-order chi connectivity index (χ0) is 22.0. The summed E-state index contributed by atoms with van der Waals surface area (Å²) in [5.74, 6) is 2.70. The smallest absolute Gasteiger partial charge is 0.338 e. The van der Waals surface area contributed by atoms with Gasteiger partial charge in [0.05, 0.1) is 11.2 Å². The van der Waals surface area contributed by atoms with Crippen molar-refractivity contribution >= 4 is 28.6 Å². The highest BCUT2D eigenvalue weighted by molar-refractivity contribution is 14.1. The lowest BCUT2D eigenvalue weighted by atomic mass is 9.44. The summed E-state index contributed by atoms with van der Waals surface area (Å²) in [6.07, 6.45) is 10.4. The van der Waals surface area contributed by atoms with Crippen LogP contribution in [0.1, 0.15) is 88.9 Å². The van der Waals surface area contributed by atoms with Crippen LogP contribution in [0.3, 0.4) is 0 Å². The molecule has 0 amide bonds. The van der Waals surface area contributed by atoms with E-state index in [1.165, 1.54) is 38.5 Å². The largest absolute Gasteiger partial charge is 0.459 e. The second-order valence-electron chi connectivity index (χ2n) is 11.7. The first kappa shape index (κ1) is 22.2. The molecular weight excluding hydrogens is 499 g/mol. The minimum atomic E-state index is -0.499. The molecule has 4 fully saturated rings. The minimum absolute atomic E-state index is 0.0565. The topological polar surface area (TPSA) is 46.5 Å². The summed E-state index contributed by atoms with van der Waals surface area (Å²) in [4.78, 5) is 12.7. The molecule has 0 saturated heterocycles. The molecule has 0 unspecified atom stereocenters. The van der Waals surface area contributed by atoms with Gasteiger partial charge in [-0.1, -0.05) is 19.9 Å². The van der Waals surface area contributed by atoms with Gasteiger partial charge in [-0.15, -0.1) is 0 Å². The first-order chi connectivity index (χ1) is 14.6. The summed E-state index contributed by atoms with van der Waals surface area (Å²) in [7, 11) is 0. The van der Waals surface area contributed by atoms with E-state index in [9.17, 15) is 9.90 Å². The van der Waals surface area contributed by atoms with E-state index in [4.69, 9.17) is 4.74 Å². The zero-order valence-corrected chi connectivity index (χ0v) is 21.4. The molecule has 0 aliphatic heterocycles. The number of rotatable bonds is 2. The third kappa shape index (κ3) is 3.50. The second-order valence-corrected chi connectivity index (χ2v) is 13.0. The second kappa shape index (κ2) is 7.72. The van der Waals surface area contributed by atoms with Crippen molar-refractivity contribution in [2.24, 2.45) is 34.5 Å². The van der Waals surface area contributed by atoms with Crippen molar-refractivity contribution in [3.8, 4) is 0 Å². The molecule has 0 radical (unpaired) electrons. The van der Waals surface area contributed by atoms with E-state index in [2.05, 4.69) is 43.4 Å². The lowest BCUT2D eigenvalue weighted by Crippen LogP contribution is -2.56. The van der Waals surface area contributed by atoms with Crippen molar-refractivity contribution in [2.75, 3.05) is 0 Å². The maximum Gasteiger partial charge on any atom is 0.338 e. The van der Waals surface area contributed by atoms with Gasteiger partial charge in [-0.3, -0.25) is 0 Å². The number of benzene rings is 1. The molecule has 0 aromatic heterocycles. The van der Waals surface area contributed by atoms with Crippen molar-refractivity contribution in [2.45, 2.75) is 90.3 Å². The predicted molar refractivity (Wildman–Crippen MR) is 131 cm³/mol. The molecule has 4 aliphatic carbocycles. The number of fused-ring (bicyclic) bond motifs is 5. The molecule has 5 rings (SSSR count). The van der Waals surface area contributed by atoms with Gasteiger partial charge in [-0.05, 0) is 140 Å². The van der Waals surface area contributed by atoms with E-state index < -0.39 is 5.60 Å². The van der Waals surface area contributed by atoms with Gasteiger partial charge in [0, 0.05) is 3.57 Å². The zero-order valence-electron chi connectivity index (χ0n) is 19.2. The quantitative estimate of drug-likeness (QED) is 0.342. The van der Waals surface area contributed by atoms with Crippen LogP contribution in [0.25, 0.3) is 0 Å². The van der Waals surface area contributed by atoms with Crippen LogP contribution in [-0.2, 0) is 4.74 Å². The van der Waals surface area contributed by atoms with Gasteiger partial charge in [0.1, 0.15) is 6.10 Å². The van der Waals surface area contributed by atoms with Crippen molar-refractivity contribution in [3.05, 3.63) is 33.4 Å². The van der Waals surface area contributed by atoms with Crippen molar-refractivity contribution < 1.29 is 14.6 Å². The minimum Gasteiger partial charge on any atom is -0.459 e. The van der Waals surface area contributed by atoms with Gasteiger partial charge in [-0.25, -0.2) is 4.79 Å². The summed E-state index contributed by atoms with van der Waals surface area (Å²) in [6.45, 7) is 7.01. The van der Waals surface area contributed by atoms with Gasteiger partial charge in [0.2, 0.25) is 0 Å². The molecule has 4 saturated carbocycles. The van der Waals surface area contributed by atoms with Crippen LogP contribution >= 0.6 is 22.6 Å². The molecule has 4 aliphatic rings. The SMILES string of the molecule is C[C@]12CC[C@@H](OC(=O)c3cccc(I)c3)C[C@@H]1CC[C@@H]1[C@H]2CC[C@@]2(C)[C@H]1CC[C@]2(C)O. The average Bonchev–Trinajstić information content (AvgIpc) is 2.97. The van der Waals surface area contributed by atoms with Gasteiger partial charge in [0.15, 0.2) is 0 Å². The molecule has 4 heteroatoms. The molecule has 1 aromatic rings. The van der Waals surface area contributed by atoms with Crippen molar-refractivity contribution in [1.29, 1.82) is 0 Å². The summed E-state index contributed by atoms with van der Waals surface area (Å²) < 4.78 is 7.07. The molecule has 31 heavy (non-hydrogen) atoms. The van der Waals surface area contributed by atoms with Crippen LogP contribution in [0.5, 0.6) is 0 Å². The van der Waals surface area contributed by atoms with Crippen LogP contribution in [0.4, 0.5) is 0 Å². The standard InChI is InChI=1S/C27H37IO3/c1-25-12-9-20(31-24(29)17-5-4-6-19(28)15-17)16-18(25)7-8-21-22(25)10-13-26(2)23(21)11-14-27(26,3)30/h4-6,15,18,20-23,30H,7-14,16H2,1-3H3/t18-,20+,21+,22+,23-,25-,26-,27-/m0/s1. The van der Waals surface area contributed by atoms with E-state index in [0.717, 1.165) is 34.7 Å².